The molecule has 13 nitrogen and oxygen atoms in total. The number of carbonyl (C=O) groups excluding carboxylic acids is 2. The molecule has 0 aromatic rings. The minimum atomic E-state index is -1.55. The zero-order valence-electron chi connectivity index (χ0n) is 16.4. The molecule has 3 atom stereocenters. The van der Waals surface area contributed by atoms with Crippen LogP contribution in [0.25, 0.3) is 0 Å². The van der Waals surface area contributed by atoms with Crippen molar-refractivity contribution in [2.24, 2.45) is 0 Å². The highest BCUT2D eigenvalue weighted by molar-refractivity contribution is 5.87. The van der Waals surface area contributed by atoms with Crippen molar-refractivity contribution in [3.05, 3.63) is 0 Å². The first kappa shape index (κ1) is 26.6. The molecule has 0 aliphatic carbocycles. The quantitative estimate of drug-likeness (QED) is 0.177. The molecule has 3 amide bonds. The van der Waals surface area contributed by atoms with Crippen LogP contribution in [0.3, 0.4) is 0 Å². The summed E-state index contributed by atoms with van der Waals surface area (Å²) < 4.78 is 0. The number of unbranched alkanes of at least 4 members (excludes halogenated alkanes) is 1. The van der Waals surface area contributed by atoms with E-state index in [4.69, 9.17) is 15.3 Å². The summed E-state index contributed by atoms with van der Waals surface area (Å²) >= 11 is 0. The van der Waals surface area contributed by atoms with E-state index in [1.165, 1.54) is 0 Å². The van der Waals surface area contributed by atoms with Gasteiger partial charge in [0.15, 0.2) is 0 Å². The summed E-state index contributed by atoms with van der Waals surface area (Å²) in [6, 6.07) is -5.37. The molecular formula is C17H27N3O10. The van der Waals surface area contributed by atoms with Crippen molar-refractivity contribution < 1.29 is 49.2 Å². The smallest absolute Gasteiger partial charge is 0.326 e. The number of urea groups is 1. The Hall–Kier alpha value is -3.38. The molecule has 0 aliphatic heterocycles. The third-order valence-electron chi connectivity index (χ3n) is 3.99. The summed E-state index contributed by atoms with van der Waals surface area (Å²) in [5, 5.41) is 42.1. The highest BCUT2D eigenvalue weighted by Crippen LogP contribution is 2.04. The lowest BCUT2D eigenvalue weighted by Gasteiger charge is -2.19. The van der Waals surface area contributed by atoms with Crippen molar-refractivity contribution in [2.75, 3.05) is 0 Å². The van der Waals surface area contributed by atoms with Crippen molar-refractivity contribution >= 4 is 35.8 Å². The van der Waals surface area contributed by atoms with Gasteiger partial charge in [-0.25, -0.2) is 19.2 Å². The molecule has 170 valence electrons. The summed E-state index contributed by atoms with van der Waals surface area (Å²) in [6.07, 6.45) is -0.189. The van der Waals surface area contributed by atoms with Crippen LogP contribution in [0.1, 0.15) is 51.9 Å². The van der Waals surface area contributed by atoms with E-state index in [0.29, 0.717) is 6.42 Å². The van der Waals surface area contributed by atoms with Crippen molar-refractivity contribution in [3.8, 4) is 0 Å². The monoisotopic (exact) mass is 433 g/mol. The average molecular weight is 433 g/mol. The molecule has 0 spiro atoms. The number of hydrogen-bond acceptors (Lipinski definition) is 6. The molecule has 0 unspecified atom stereocenters. The van der Waals surface area contributed by atoms with Crippen LogP contribution in [0.4, 0.5) is 4.79 Å². The Labute approximate surface area is 171 Å². The Morgan fingerprint density at radius 3 is 1.50 bits per heavy atom. The lowest BCUT2D eigenvalue weighted by atomic mass is 10.1. The maximum Gasteiger partial charge on any atom is 0.326 e. The first-order valence-electron chi connectivity index (χ1n) is 9.24. The fourth-order valence-electron chi connectivity index (χ4n) is 2.35. The van der Waals surface area contributed by atoms with Gasteiger partial charge in [-0.1, -0.05) is 19.8 Å². The van der Waals surface area contributed by atoms with Gasteiger partial charge in [-0.05, 0) is 19.3 Å². The summed E-state index contributed by atoms with van der Waals surface area (Å²) in [7, 11) is 0. The van der Waals surface area contributed by atoms with Gasteiger partial charge in [0.1, 0.15) is 18.1 Å². The molecule has 30 heavy (non-hydrogen) atoms. The van der Waals surface area contributed by atoms with E-state index in [1.807, 2.05) is 17.6 Å². The molecular weight excluding hydrogens is 406 g/mol. The second-order valence-corrected chi connectivity index (χ2v) is 6.47. The predicted octanol–water partition coefficient (Wildman–Crippen LogP) is -0.403. The van der Waals surface area contributed by atoms with Crippen molar-refractivity contribution in [2.45, 2.75) is 70.0 Å². The van der Waals surface area contributed by atoms with Gasteiger partial charge in [-0.3, -0.25) is 9.59 Å². The number of carbonyl (C=O) groups is 6. The molecule has 0 rings (SSSR count). The number of carboxylic acids is 4. The standard InChI is InChI=1S/C17H27N3O10/c1-2-3-4-9(14(24)25)18-12(21)7-5-10(15(26)27)19-17(30)20-11(16(28)29)6-8-13(22)23/h9-11H,2-8H2,1H3,(H,18,21)(H,22,23)(H,24,25)(H,26,27)(H,28,29)(H2,19,20,30)/t9-,10+,11+/m1/s1. The Morgan fingerprint density at radius 1 is 0.667 bits per heavy atom. The first-order valence-corrected chi connectivity index (χ1v) is 9.24. The van der Waals surface area contributed by atoms with Crippen LogP contribution in [0.2, 0.25) is 0 Å². The van der Waals surface area contributed by atoms with E-state index in [2.05, 4.69) is 5.32 Å². The molecule has 7 N–H and O–H groups in total. The SMILES string of the molecule is CCCC[C@@H](NC(=O)CC[C@H](NC(=O)N[C@@H](CCC(=O)O)C(=O)O)C(=O)O)C(=O)O. The molecule has 0 aliphatic rings. The zero-order chi connectivity index (χ0) is 23.3. The van der Waals surface area contributed by atoms with Gasteiger partial charge in [-0.2, -0.15) is 0 Å². The van der Waals surface area contributed by atoms with E-state index in [0.717, 1.165) is 6.42 Å². The molecule has 0 saturated heterocycles. The van der Waals surface area contributed by atoms with Crippen LogP contribution in [0.5, 0.6) is 0 Å². The third-order valence-corrected chi connectivity index (χ3v) is 3.99. The first-order chi connectivity index (χ1) is 14.0. The zero-order valence-corrected chi connectivity index (χ0v) is 16.4. The minimum Gasteiger partial charge on any atom is -0.481 e. The molecule has 0 heterocycles. The topological polar surface area (TPSA) is 219 Å². The fourth-order valence-corrected chi connectivity index (χ4v) is 2.35. The van der Waals surface area contributed by atoms with Gasteiger partial charge in [0.2, 0.25) is 5.91 Å². The van der Waals surface area contributed by atoms with E-state index >= 15 is 0 Å². The van der Waals surface area contributed by atoms with E-state index in [9.17, 15) is 33.9 Å². The molecule has 13 heteroatoms. The van der Waals surface area contributed by atoms with Crippen molar-refractivity contribution in [1.82, 2.24) is 16.0 Å². The lowest BCUT2D eigenvalue weighted by molar-refractivity contribution is -0.142. The van der Waals surface area contributed by atoms with Crippen LogP contribution in [0, 0.1) is 0 Å². The lowest BCUT2D eigenvalue weighted by Crippen LogP contribution is -2.51. The van der Waals surface area contributed by atoms with Crippen molar-refractivity contribution in [3.63, 3.8) is 0 Å². The van der Waals surface area contributed by atoms with Gasteiger partial charge < -0.3 is 36.4 Å². The van der Waals surface area contributed by atoms with Crippen LogP contribution >= 0.6 is 0 Å². The maximum atomic E-state index is 11.9. The van der Waals surface area contributed by atoms with Gasteiger partial charge in [0.05, 0.1) is 0 Å². The van der Waals surface area contributed by atoms with E-state index < -0.39 is 73.2 Å². The molecule has 0 saturated carbocycles. The number of hydrogen-bond donors (Lipinski definition) is 7. The summed E-state index contributed by atoms with van der Waals surface area (Å²) in [5.74, 6) is -6.18. The predicted molar refractivity (Wildman–Crippen MR) is 99.7 cm³/mol. The molecule has 0 radical (unpaired) electrons. The maximum absolute atomic E-state index is 11.9. The van der Waals surface area contributed by atoms with E-state index in [1.54, 1.807) is 0 Å². The highest BCUT2D eigenvalue weighted by atomic mass is 16.4. The molecule has 0 aromatic carbocycles. The second-order valence-electron chi connectivity index (χ2n) is 6.47. The minimum absolute atomic E-state index is 0.216. The molecule has 0 aromatic heterocycles. The molecule has 0 fully saturated rings. The summed E-state index contributed by atoms with van der Waals surface area (Å²) in [6.45, 7) is 1.85. The number of nitrogens with one attached hydrogen (secondary N) is 3. The van der Waals surface area contributed by atoms with Crippen molar-refractivity contribution in [1.29, 1.82) is 0 Å². The van der Waals surface area contributed by atoms with Gasteiger partial charge >= 0.3 is 29.9 Å². The number of carboxylic acid groups (broad SMARTS) is 4. The Morgan fingerprint density at radius 2 is 1.10 bits per heavy atom. The van der Waals surface area contributed by atoms with Gasteiger partial charge in [-0.15, -0.1) is 0 Å². The molecule has 0 bridgehead atoms. The Balaban J connectivity index is 4.74. The average Bonchev–Trinajstić information content (AvgIpc) is 2.64. The Kier molecular flexibility index (Phi) is 12.2. The number of aliphatic carboxylic acids is 4. The second kappa shape index (κ2) is 13.7. The number of amides is 3. The highest BCUT2D eigenvalue weighted by Gasteiger charge is 2.26. The van der Waals surface area contributed by atoms with E-state index in [-0.39, 0.29) is 12.8 Å². The van der Waals surface area contributed by atoms with Crippen LogP contribution in [-0.4, -0.2) is 74.4 Å². The third kappa shape index (κ3) is 11.5. The number of rotatable bonds is 15. The van der Waals surface area contributed by atoms with Gasteiger partial charge in [0.25, 0.3) is 0 Å². The summed E-state index contributed by atoms with van der Waals surface area (Å²) in [5.41, 5.74) is 0. The largest absolute Gasteiger partial charge is 0.481 e. The summed E-state index contributed by atoms with van der Waals surface area (Å²) in [4.78, 5) is 67.8. The van der Waals surface area contributed by atoms with Crippen LogP contribution < -0.4 is 16.0 Å². The van der Waals surface area contributed by atoms with Gasteiger partial charge in [0, 0.05) is 12.8 Å². The van der Waals surface area contributed by atoms with Crippen LogP contribution in [-0.2, 0) is 24.0 Å². The van der Waals surface area contributed by atoms with Crippen LogP contribution in [0.15, 0.2) is 0 Å². The normalized spacial score (nSPS) is 13.4. The Bertz CT molecular complexity index is 652. The fraction of sp³-hybridized carbons (Fsp3) is 0.647.